The monoisotopic (exact) mass is 965 g/mol. The normalized spacial score (nSPS) is 13.7. The topological polar surface area (TPSA) is 16.4 Å². The second-order valence-corrected chi connectivity index (χ2v) is 20.5. The van der Waals surface area contributed by atoms with Gasteiger partial charge in [0.1, 0.15) is 11.2 Å². The molecule has 2 nitrogen and oxygen atoms in total. The fourth-order valence-corrected chi connectivity index (χ4v) is 14.2. The number of hydrogen-bond acceptors (Lipinski definition) is 2. The van der Waals surface area contributed by atoms with E-state index in [9.17, 15) is 0 Å². The average Bonchev–Trinajstić information content (AvgIpc) is 4.30. The Morgan fingerprint density at radius 3 is 1.09 bits per heavy atom. The molecule has 2 heteroatoms. The first-order valence-corrected chi connectivity index (χ1v) is 26.4. The highest BCUT2D eigenvalue weighted by Gasteiger charge is 2.53. The second-order valence-electron chi connectivity index (χ2n) is 20.5. The first-order chi connectivity index (χ1) is 37.7. The van der Waals surface area contributed by atoms with Crippen molar-refractivity contribution in [3.05, 3.63) is 330 Å². The molecule has 0 fully saturated rings. The molecule has 0 radical (unpaired) electrons. The molecule has 0 saturated heterocycles. The minimum Gasteiger partial charge on any atom is -0.456 e. The van der Waals surface area contributed by atoms with Crippen LogP contribution in [-0.2, 0) is 10.8 Å². The van der Waals surface area contributed by atoms with Crippen LogP contribution >= 0.6 is 0 Å². The van der Waals surface area contributed by atoms with Crippen LogP contribution in [0.25, 0.3) is 77.6 Å². The average molecular weight is 966 g/mol. The van der Waals surface area contributed by atoms with Gasteiger partial charge in [0.15, 0.2) is 0 Å². The van der Waals surface area contributed by atoms with E-state index in [0.717, 1.165) is 39.0 Å². The Labute approximate surface area is 442 Å². The third-order valence-corrected chi connectivity index (χ3v) is 17.0. The molecule has 0 atom stereocenters. The van der Waals surface area contributed by atoms with Gasteiger partial charge in [-0.05, 0) is 125 Å². The lowest BCUT2D eigenvalue weighted by Gasteiger charge is -2.37. The molecule has 1 spiro atoms. The Hall–Kier alpha value is -9.76. The van der Waals surface area contributed by atoms with Gasteiger partial charge in [-0.3, -0.25) is 0 Å². The summed E-state index contributed by atoms with van der Waals surface area (Å²) in [5.41, 5.74) is 26.2. The number of hydrogen-bond donors (Lipinski definition) is 0. The SMILES string of the molecule is c1ccc(-c2ccccc2C2(c3ccccc3-c3ccccc3)c3ccccc3-c3c(N(c4ccc5oc6ccccc6c5c4)c4cccc5c4-c4ccccc4C54c5ccccc5-c5ccccc54)cccc32)cc1. The lowest BCUT2D eigenvalue weighted by atomic mass is 9.64. The van der Waals surface area contributed by atoms with Gasteiger partial charge in [0, 0.05) is 27.6 Å². The molecular weight excluding hydrogens is 919 g/mol. The maximum atomic E-state index is 6.57. The smallest absolute Gasteiger partial charge is 0.135 e. The van der Waals surface area contributed by atoms with Crippen molar-refractivity contribution in [2.24, 2.45) is 0 Å². The van der Waals surface area contributed by atoms with E-state index in [1.165, 1.54) is 100 Å². The molecule has 0 aliphatic heterocycles. The van der Waals surface area contributed by atoms with Gasteiger partial charge in [0.25, 0.3) is 0 Å². The Balaban J connectivity index is 1.05. The van der Waals surface area contributed by atoms with Crippen LogP contribution in [0.2, 0.25) is 0 Å². The predicted octanol–water partition coefficient (Wildman–Crippen LogP) is 19.1. The van der Waals surface area contributed by atoms with E-state index < -0.39 is 10.8 Å². The molecule has 1 heterocycles. The summed E-state index contributed by atoms with van der Waals surface area (Å²) in [6.45, 7) is 0. The largest absolute Gasteiger partial charge is 0.456 e. The summed E-state index contributed by atoms with van der Waals surface area (Å²) in [4.78, 5) is 2.58. The van der Waals surface area contributed by atoms with Crippen LogP contribution in [0.1, 0.15) is 44.5 Å². The van der Waals surface area contributed by atoms with Crippen LogP contribution < -0.4 is 4.90 Å². The fraction of sp³-hybridized carbons (Fsp3) is 0.0270. The van der Waals surface area contributed by atoms with Crippen molar-refractivity contribution in [3.8, 4) is 55.6 Å². The van der Waals surface area contributed by atoms with E-state index >= 15 is 0 Å². The lowest BCUT2D eigenvalue weighted by molar-refractivity contribution is 0.669. The summed E-state index contributed by atoms with van der Waals surface area (Å²) >= 11 is 0. The minimum atomic E-state index is -0.760. The van der Waals surface area contributed by atoms with Crippen LogP contribution in [-0.4, -0.2) is 0 Å². The maximum absolute atomic E-state index is 6.57. The zero-order valence-corrected chi connectivity index (χ0v) is 41.5. The summed E-state index contributed by atoms with van der Waals surface area (Å²) < 4.78 is 6.57. The first-order valence-electron chi connectivity index (χ1n) is 26.4. The Kier molecular flexibility index (Phi) is 9.20. The van der Waals surface area contributed by atoms with E-state index in [-0.39, 0.29) is 0 Å². The summed E-state index contributed by atoms with van der Waals surface area (Å²) in [5, 5.41) is 2.18. The third kappa shape index (κ3) is 5.70. The Bertz CT molecular complexity index is 4360. The highest BCUT2D eigenvalue weighted by atomic mass is 16.3. The number of fused-ring (bicyclic) bond motifs is 16. The van der Waals surface area contributed by atoms with Crippen molar-refractivity contribution in [1.29, 1.82) is 0 Å². The molecule has 0 saturated carbocycles. The van der Waals surface area contributed by atoms with Crippen LogP contribution in [0.15, 0.2) is 290 Å². The van der Waals surface area contributed by atoms with Crippen molar-refractivity contribution in [3.63, 3.8) is 0 Å². The van der Waals surface area contributed by atoms with Crippen molar-refractivity contribution in [1.82, 2.24) is 0 Å². The van der Waals surface area contributed by atoms with Gasteiger partial charge < -0.3 is 9.32 Å². The molecule has 16 rings (SSSR count). The molecule has 354 valence electrons. The maximum Gasteiger partial charge on any atom is 0.135 e. The zero-order chi connectivity index (χ0) is 50.0. The summed E-state index contributed by atoms with van der Waals surface area (Å²) in [6, 6.07) is 106. The summed E-state index contributed by atoms with van der Waals surface area (Å²) in [7, 11) is 0. The van der Waals surface area contributed by atoms with Gasteiger partial charge in [-0.15, -0.1) is 0 Å². The molecule has 3 aliphatic carbocycles. The number of benzene rings is 12. The standard InChI is InChI=1S/C74H47NO/c1-3-23-48(24-4-1)51-27-7-14-34-59(51)73(60-35-15-8-28-52(60)49-25-5-2-6-26-49)63-38-18-11-32-56(63)71-65(73)40-21-42-67(71)75(50-45-46-70-58(47-50)55-31-13-20-44-69(55)76-70)68-43-22-41-66-72(68)57-33-12-19-39-64(57)74(66)61-36-16-9-29-53(61)54-30-10-17-37-62(54)74/h1-47H. The molecule has 0 bridgehead atoms. The molecule has 0 unspecified atom stereocenters. The van der Waals surface area contributed by atoms with E-state index in [2.05, 4.69) is 290 Å². The number of furan rings is 1. The van der Waals surface area contributed by atoms with Crippen molar-refractivity contribution in [2.75, 3.05) is 4.90 Å². The van der Waals surface area contributed by atoms with Crippen molar-refractivity contribution in [2.45, 2.75) is 10.8 Å². The van der Waals surface area contributed by atoms with Crippen LogP contribution in [0.5, 0.6) is 0 Å². The molecule has 12 aromatic carbocycles. The lowest BCUT2D eigenvalue weighted by Crippen LogP contribution is -2.30. The van der Waals surface area contributed by atoms with Gasteiger partial charge in [-0.1, -0.05) is 249 Å². The summed E-state index contributed by atoms with van der Waals surface area (Å²) in [6.07, 6.45) is 0. The summed E-state index contributed by atoms with van der Waals surface area (Å²) in [5.74, 6) is 0. The zero-order valence-electron chi connectivity index (χ0n) is 41.5. The quantitative estimate of drug-likeness (QED) is 0.158. The van der Waals surface area contributed by atoms with Gasteiger partial charge in [-0.2, -0.15) is 0 Å². The number of para-hydroxylation sites is 1. The molecule has 13 aromatic rings. The number of anilines is 3. The second kappa shape index (κ2) is 16.4. The van der Waals surface area contributed by atoms with Gasteiger partial charge in [0.05, 0.1) is 22.2 Å². The number of nitrogens with zero attached hydrogens (tertiary/aromatic N) is 1. The molecule has 0 N–H and O–H groups in total. The van der Waals surface area contributed by atoms with Crippen LogP contribution in [0.3, 0.4) is 0 Å². The van der Waals surface area contributed by atoms with Crippen LogP contribution in [0, 0.1) is 0 Å². The third-order valence-electron chi connectivity index (χ3n) is 17.0. The van der Waals surface area contributed by atoms with Gasteiger partial charge in [0.2, 0.25) is 0 Å². The van der Waals surface area contributed by atoms with Gasteiger partial charge in [-0.25, -0.2) is 0 Å². The van der Waals surface area contributed by atoms with Crippen LogP contribution in [0.4, 0.5) is 17.1 Å². The molecular formula is C74H47NO. The molecule has 0 amide bonds. The minimum absolute atomic E-state index is 0.520. The first kappa shape index (κ1) is 42.7. The number of rotatable bonds is 7. The van der Waals surface area contributed by atoms with E-state index in [0.29, 0.717) is 0 Å². The molecule has 3 aliphatic rings. The highest BCUT2D eigenvalue weighted by molar-refractivity contribution is 6.09. The Morgan fingerprint density at radius 1 is 0.250 bits per heavy atom. The van der Waals surface area contributed by atoms with E-state index in [4.69, 9.17) is 4.42 Å². The van der Waals surface area contributed by atoms with Crippen molar-refractivity contribution < 1.29 is 4.42 Å². The van der Waals surface area contributed by atoms with Gasteiger partial charge >= 0.3 is 0 Å². The van der Waals surface area contributed by atoms with E-state index in [1.54, 1.807) is 0 Å². The van der Waals surface area contributed by atoms with E-state index in [1.807, 2.05) is 0 Å². The molecule has 1 aromatic heterocycles. The fourth-order valence-electron chi connectivity index (χ4n) is 14.2. The predicted molar refractivity (Wildman–Crippen MR) is 313 cm³/mol. The highest BCUT2D eigenvalue weighted by Crippen LogP contribution is 2.66. The van der Waals surface area contributed by atoms with Crippen molar-refractivity contribution >= 4 is 39.0 Å². The molecule has 76 heavy (non-hydrogen) atoms. The Morgan fingerprint density at radius 2 is 0.605 bits per heavy atom.